The second kappa shape index (κ2) is 11.8. The van der Waals surface area contributed by atoms with Crippen molar-refractivity contribution in [3.8, 4) is 11.8 Å². The van der Waals surface area contributed by atoms with Crippen LogP contribution in [0.15, 0.2) is 27.8 Å². The van der Waals surface area contributed by atoms with E-state index >= 15 is 0 Å². The molecule has 0 aliphatic heterocycles. The van der Waals surface area contributed by atoms with E-state index in [0.29, 0.717) is 21.7 Å². The maximum Gasteiger partial charge on any atom is 0.348 e. The molecule has 0 atom stereocenters. The molecule has 0 bridgehead atoms. The molecule has 2 aliphatic rings. The number of rotatable bonds is 6. The zero-order valence-electron chi connectivity index (χ0n) is 21.7. The standard InChI is InChI=1S/C29H37NO3S3/c1-19-7-9-20(10-8-19)27(31)30(21-11-13-22(14-12-21)35-25-6-5-17-34-25)24-18-23(15-16-29(2,3)4)36-26(24)28(32)33/h5-6,17-22H,7-14H2,1-4H3,(H,32,33)/t19-,20-,21-,22+. The Kier molecular flexibility index (Phi) is 8.91. The highest BCUT2D eigenvalue weighted by Gasteiger charge is 2.37. The summed E-state index contributed by atoms with van der Waals surface area (Å²) in [5, 5.41) is 12.7. The van der Waals surface area contributed by atoms with Crippen LogP contribution in [0.1, 0.15) is 93.6 Å². The Labute approximate surface area is 227 Å². The maximum absolute atomic E-state index is 14.0. The number of hydrogen-bond acceptors (Lipinski definition) is 5. The number of aromatic carboxylic acids is 1. The Balaban J connectivity index is 1.62. The fraction of sp³-hybridized carbons (Fsp3) is 0.586. The van der Waals surface area contributed by atoms with Crippen molar-refractivity contribution in [2.75, 3.05) is 4.90 Å². The lowest BCUT2D eigenvalue weighted by Gasteiger charge is -2.39. The number of nitrogens with zero attached hydrogens (tertiary/aromatic N) is 1. The first-order valence-corrected chi connectivity index (χ1v) is 15.6. The average molecular weight is 544 g/mol. The molecule has 0 saturated heterocycles. The van der Waals surface area contributed by atoms with Gasteiger partial charge in [-0.3, -0.25) is 4.79 Å². The van der Waals surface area contributed by atoms with Gasteiger partial charge in [-0.15, -0.1) is 34.4 Å². The molecule has 2 aliphatic carbocycles. The number of amides is 1. The Morgan fingerprint density at radius 2 is 1.78 bits per heavy atom. The van der Waals surface area contributed by atoms with E-state index in [4.69, 9.17) is 0 Å². The van der Waals surface area contributed by atoms with Crippen molar-refractivity contribution in [3.63, 3.8) is 0 Å². The summed E-state index contributed by atoms with van der Waals surface area (Å²) in [4.78, 5) is 29.2. The Morgan fingerprint density at radius 1 is 1.08 bits per heavy atom. The zero-order valence-corrected chi connectivity index (χ0v) is 24.2. The smallest absolute Gasteiger partial charge is 0.348 e. The molecule has 0 unspecified atom stereocenters. The Bertz CT molecular complexity index is 1100. The number of carbonyl (C=O) groups is 2. The highest BCUT2D eigenvalue weighted by atomic mass is 32.2. The van der Waals surface area contributed by atoms with Gasteiger partial charge in [0.15, 0.2) is 0 Å². The molecule has 194 valence electrons. The predicted octanol–water partition coefficient (Wildman–Crippen LogP) is 8.17. The maximum atomic E-state index is 14.0. The molecule has 2 saturated carbocycles. The normalized spacial score (nSPS) is 24.6. The lowest BCUT2D eigenvalue weighted by molar-refractivity contribution is -0.124. The first-order chi connectivity index (χ1) is 17.1. The van der Waals surface area contributed by atoms with Gasteiger partial charge in [0.25, 0.3) is 0 Å². The van der Waals surface area contributed by atoms with Crippen LogP contribution in [-0.4, -0.2) is 28.3 Å². The van der Waals surface area contributed by atoms with Crippen LogP contribution in [-0.2, 0) is 4.79 Å². The molecule has 2 aromatic heterocycles. The fourth-order valence-corrected chi connectivity index (χ4v) is 8.22. The van der Waals surface area contributed by atoms with Crippen molar-refractivity contribution in [1.82, 2.24) is 0 Å². The van der Waals surface area contributed by atoms with Crippen LogP contribution in [0.5, 0.6) is 0 Å². The van der Waals surface area contributed by atoms with Crippen LogP contribution < -0.4 is 4.90 Å². The molecule has 36 heavy (non-hydrogen) atoms. The van der Waals surface area contributed by atoms with E-state index in [1.807, 2.05) is 43.5 Å². The van der Waals surface area contributed by atoms with Crippen LogP contribution in [0.4, 0.5) is 5.69 Å². The Morgan fingerprint density at radius 3 is 2.36 bits per heavy atom. The SMILES string of the molecule is CC(C)(C)C#Cc1cc(N(C(=O)[C@H]2CC[C@H](C)CC2)[C@H]2CC[C@@H](Sc3cccs3)CC2)c(C(=O)O)s1. The molecule has 4 nitrogen and oxygen atoms in total. The van der Waals surface area contributed by atoms with Gasteiger partial charge in [-0.05, 0) is 95.6 Å². The molecule has 2 fully saturated rings. The van der Waals surface area contributed by atoms with Gasteiger partial charge in [-0.25, -0.2) is 4.79 Å². The van der Waals surface area contributed by atoms with E-state index in [1.165, 1.54) is 15.5 Å². The molecule has 0 radical (unpaired) electrons. The van der Waals surface area contributed by atoms with Crippen LogP contribution in [0.3, 0.4) is 0 Å². The monoisotopic (exact) mass is 543 g/mol. The summed E-state index contributed by atoms with van der Waals surface area (Å²) in [5.74, 6) is 6.17. The molecule has 4 rings (SSSR count). The van der Waals surface area contributed by atoms with Gasteiger partial charge in [-0.2, -0.15) is 0 Å². The Hall–Kier alpha value is -1.75. The molecule has 1 N–H and O–H groups in total. The summed E-state index contributed by atoms with van der Waals surface area (Å²) in [7, 11) is 0. The fourth-order valence-electron chi connectivity index (χ4n) is 5.14. The quantitative estimate of drug-likeness (QED) is 0.373. The van der Waals surface area contributed by atoms with Crippen molar-refractivity contribution in [3.05, 3.63) is 33.3 Å². The third kappa shape index (κ3) is 6.96. The van der Waals surface area contributed by atoms with Crippen molar-refractivity contribution in [2.45, 2.75) is 94.6 Å². The van der Waals surface area contributed by atoms with Gasteiger partial charge in [0.1, 0.15) is 4.88 Å². The lowest BCUT2D eigenvalue weighted by atomic mass is 9.81. The van der Waals surface area contributed by atoms with E-state index in [2.05, 4.69) is 36.3 Å². The van der Waals surface area contributed by atoms with Crippen molar-refractivity contribution in [1.29, 1.82) is 0 Å². The molecule has 1 amide bonds. The summed E-state index contributed by atoms with van der Waals surface area (Å²) in [6.45, 7) is 8.38. The summed E-state index contributed by atoms with van der Waals surface area (Å²) in [6, 6.07) is 6.16. The highest BCUT2D eigenvalue weighted by molar-refractivity contribution is 8.01. The van der Waals surface area contributed by atoms with Gasteiger partial charge < -0.3 is 10.0 Å². The molecule has 0 spiro atoms. The molecular weight excluding hydrogens is 507 g/mol. The number of thioether (sulfide) groups is 1. The van der Waals surface area contributed by atoms with E-state index in [-0.39, 0.29) is 28.2 Å². The zero-order chi connectivity index (χ0) is 25.9. The number of carboxylic acids is 1. The van der Waals surface area contributed by atoms with E-state index in [9.17, 15) is 14.7 Å². The van der Waals surface area contributed by atoms with Crippen molar-refractivity contribution < 1.29 is 14.7 Å². The van der Waals surface area contributed by atoms with Crippen LogP contribution in [0, 0.1) is 29.1 Å². The van der Waals surface area contributed by atoms with E-state index < -0.39 is 5.97 Å². The largest absolute Gasteiger partial charge is 0.477 e. The second-order valence-electron chi connectivity index (χ2n) is 11.3. The summed E-state index contributed by atoms with van der Waals surface area (Å²) < 4.78 is 1.34. The van der Waals surface area contributed by atoms with Gasteiger partial charge in [0.2, 0.25) is 5.91 Å². The number of thiophene rings is 2. The molecule has 2 heterocycles. The lowest BCUT2D eigenvalue weighted by Crippen LogP contribution is -2.46. The average Bonchev–Trinajstić information content (AvgIpc) is 3.49. The number of anilines is 1. The second-order valence-corrected chi connectivity index (χ2v) is 14.9. The van der Waals surface area contributed by atoms with Gasteiger partial charge in [0.05, 0.1) is 14.8 Å². The van der Waals surface area contributed by atoms with Crippen molar-refractivity contribution >= 4 is 52.0 Å². The third-order valence-corrected chi connectivity index (χ3v) is 10.6. The van der Waals surface area contributed by atoms with Gasteiger partial charge in [0, 0.05) is 22.6 Å². The predicted molar refractivity (Wildman–Crippen MR) is 152 cm³/mol. The molecule has 7 heteroatoms. The minimum Gasteiger partial charge on any atom is -0.477 e. The summed E-state index contributed by atoms with van der Waals surface area (Å²) in [5.41, 5.74) is 0.379. The van der Waals surface area contributed by atoms with Crippen LogP contribution in [0.25, 0.3) is 0 Å². The summed E-state index contributed by atoms with van der Waals surface area (Å²) in [6.07, 6.45) is 7.76. The topological polar surface area (TPSA) is 57.6 Å². The van der Waals surface area contributed by atoms with Gasteiger partial charge >= 0.3 is 5.97 Å². The minimum atomic E-state index is -0.976. The van der Waals surface area contributed by atoms with Crippen LogP contribution >= 0.6 is 34.4 Å². The van der Waals surface area contributed by atoms with Gasteiger partial charge in [-0.1, -0.05) is 24.8 Å². The minimum absolute atomic E-state index is 0.0231. The van der Waals surface area contributed by atoms with E-state index in [1.54, 1.807) is 11.3 Å². The molecular formula is C29H37NO3S3. The highest BCUT2D eigenvalue weighted by Crippen LogP contribution is 2.41. The number of carboxylic acid groups (broad SMARTS) is 1. The number of carbonyl (C=O) groups excluding carboxylic acids is 1. The van der Waals surface area contributed by atoms with Crippen molar-refractivity contribution in [2.24, 2.45) is 17.3 Å². The molecule has 2 aromatic rings. The summed E-state index contributed by atoms with van der Waals surface area (Å²) >= 11 is 4.92. The third-order valence-electron chi connectivity index (χ3n) is 7.12. The van der Waals surface area contributed by atoms with Crippen LogP contribution in [0.2, 0.25) is 0 Å². The van der Waals surface area contributed by atoms with E-state index in [0.717, 1.165) is 51.4 Å². The molecule has 0 aromatic carbocycles. The number of hydrogen-bond donors (Lipinski definition) is 1. The first-order valence-electron chi connectivity index (χ1n) is 13.0. The first kappa shape index (κ1) is 27.3.